The van der Waals surface area contributed by atoms with Crippen molar-refractivity contribution in [1.82, 2.24) is 4.72 Å². The molecule has 2 aromatic rings. The van der Waals surface area contributed by atoms with E-state index in [0.717, 1.165) is 34.8 Å². The fourth-order valence-electron chi connectivity index (χ4n) is 2.74. The van der Waals surface area contributed by atoms with E-state index in [-0.39, 0.29) is 5.92 Å². The first-order valence-electron chi connectivity index (χ1n) is 7.90. The average molecular weight is 367 g/mol. The van der Waals surface area contributed by atoms with Crippen molar-refractivity contribution in [2.75, 3.05) is 20.3 Å². The maximum atomic E-state index is 12.4. The Kier molecular flexibility index (Phi) is 5.12. The minimum Gasteiger partial charge on any atom is -0.493 e. The minimum absolute atomic E-state index is 0.102. The zero-order chi connectivity index (χ0) is 17.2. The SMILES string of the molecule is CCc1ccc(S(=O)(=O)NC[C@@H]2COc3c(cccc3OC)C2)s1. The highest BCUT2D eigenvalue weighted by atomic mass is 32.2. The van der Waals surface area contributed by atoms with Crippen molar-refractivity contribution in [1.29, 1.82) is 0 Å². The summed E-state index contributed by atoms with van der Waals surface area (Å²) < 4.78 is 39.0. The summed E-state index contributed by atoms with van der Waals surface area (Å²) in [5, 5.41) is 0. The van der Waals surface area contributed by atoms with Crippen LogP contribution in [0.3, 0.4) is 0 Å². The molecule has 1 aliphatic rings. The van der Waals surface area contributed by atoms with Gasteiger partial charge >= 0.3 is 0 Å². The van der Waals surface area contributed by atoms with Crippen molar-refractivity contribution in [3.8, 4) is 11.5 Å². The molecule has 0 amide bonds. The van der Waals surface area contributed by atoms with Gasteiger partial charge in [0.15, 0.2) is 11.5 Å². The summed E-state index contributed by atoms with van der Waals surface area (Å²) in [6.45, 7) is 2.85. The molecule has 1 atom stereocenters. The molecule has 3 rings (SSSR count). The van der Waals surface area contributed by atoms with Gasteiger partial charge in [-0.25, -0.2) is 13.1 Å². The van der Waals surface area contributed by atoms with Crippen molar-refractivity contribution >= 4 is 21.4 Å². The standard InChI is InChI=1S/C17H21NO4S2/c1-3-14-7-8-16(23-14)24(19,20)18-10-12-9-13-5-4-6-15(21-2)17(13)22-11-12/h4-8,12,18H,3,9-11H2,1-2H3/t12-/m1/s1. The second-order valence-corrected chi connectivity index (χ2v) is 8.92. The Morgan fingerprint density at radius 3 is 2.88 bits per heavy atom. The molecule has 1 N–H and O–H groups in total. The molecule has 0 saturated carbocycles. The van der Waals surface area contributed by atoms with E-state index in [2.05, 4.69) is 4.72 Å². The number of methoxy groups -OCH3 is 1. The van der Waals surface area contributed by atoms with E-state index >= 15 is 0 Å². The van der Waals surface area contributed by atoms with Gasteiger partial charge in [0.2, 0.25) is 10.0 Å². The Balaban J connectivity index is 1.65. The number of sulfonamides is 1. The summed E-state index contributed by atoms with van der Waals surface area (Å²) in [5.74, 6) is 1.59. The van der Waals surface area contributed by atoms with Crippen LogP contribution in [0.5, 0.6) is 11.5 Å². The summed E-state index contributed by atoms with van der Waals surface area (Å²) >= 11 is 1.32. The predicted molar refractivity (Wildman–Crippen MR) is 94.6 cm³/mol. The van der Waals surface area contributed by atoms with Crippen LogP contribution in [0.4, 0.5) is 0 Å². The molecule has 130 valence electrons. The third-order valence-corrected chi connectivity index (χ3v) is 7.21. The van der Waals surface area contributed by atoms with Crippen molar-refractivity contribution in [2.45, 2.75) is 24.0 Å². The zero-order valence-corrected chi connectivity index (χ0v) is 15.4. The number of benzene rings is 1. The van der Waals surface area contributed by atoms with Crippen LogP contribution in [-0.4, -0.2) is 28.7 Å². The molecule has 2 heterocycles. The molecule has 1 aromatic heterocycles. The second kappa shape index (κ2) is 7.13. The average Bonchev–Trinajstić information content (AvgIpc) is 3.09. The molecular weight excluding hydrogens is 346 g/mol. The molecule has 24 heavy (non-hydrogen) atoms. The highest BCUT2D eigenvalue weighted by Gasteiger charge is 2.25. The first-order chi connectivity index (χ1) is 11.5. The summed E-state index contributed by atoms with van der Waals surface area (Å²) in [4.78, 5) is 1.07. The summed E-state index contributed by atoms with van der Waals surface area (Å²) in [5.41, 5.74) is 1.05. The van der Waals surface area contributed by atoms with Gasteiger partial charge in [-0.2, -0.15) is 0 Å². The number of para-hydroxylation sites is 1. The van der Waals surface area contributed by atoms with Crippen LogP contribution in [-0.2, 0) is 22.9 Å². The lowest BCUT2D eigenvalue weighted by Crippen LogP contribution is -2.34. The van der Waals surface area contributed by atoms with Crippen molar-refractivity contribution in [3.05, 3.63) is 40.8 Å². The maximum absolute atomic E-state index is 12.4. The number of thiophene rings is 1. The minimum atomic E-state index is -3.45. The Bertz CT molecular complexity index is 814. The summed E-state index contributed by atoms with van der Waals surface area (Å²) in [7, 11) is -1.83. The summed E-state index contributed by atoms with van der Waals surface area (Å²) in [6, 6.07) is 9.32. The van der Waals surface area contributed by atoms with E-state index in [4.69, 9.17) is 9.47 Å². The van der Waals surface area contributed by atoms with Crippen LogP contribution >= 0.6 is 11.3 Å². The fourth-order valence-corrected chi connectivity index (χ4v) is 5.20. The number of ether oxygens (including phenoxy) is 2. The predicted octanol–water partition coefficient (Wildman–Crippen LogP) is 2.85. The highest BCUT2D eigenvalue weighted by Crippen LogP contribution is 2.36. The van der Waals surface area contributed by atoms with Crippen molar-refractivity contribution in [3.63, 3.8) is 0 Å². The number of fused-ring (bicyclic) bond motifs is 1. The van der Waals surface area contributed by atoms with Gasteiger partial charge in [-0.05, 0) is 36.6 Å². The zero-order valence-electron chi connectivity index (χ0n) is 13.7. The number of hydrogen-bond donors (Lipinski definition) is 1. The second-order valence-electron chi connectivity index (χ2n) is 5.76. The molecule has 0 aliphatic carbocycles. The molecule has 0 radical (unpaired) electrons. The van der Waals surface area contributed by atoms with Gasteiger partial charge in [0.1, 0.15) is 4.21 Å². The van der Waals surface area contributed by atoms with Crippen LogP contribution in [0.25, 0.3) is 0 Å². The first kappa shape index (κ1) is 17.3. The van der Waals surface area contributed by atoms with Crippen LogP contribution < -0.4 is 14.2 Å². The number of hydrogen-bond acceptors (Lipinski definition) is 5. The van der Waals surface area contributed by atoms with Crippen LogP contribution in [0.1, 0.15) is 17.4 Å². The molecule has 0 bridgehead atoms. The van der Waals surface area contributed by atoms with E-state index in [1.54, 1.807) is 13.2 Å². The van der Waals surface area contributed by atoms with Gasteiger partial charge in [-0.3, -0.25) is 0 Å². The van der Waals surface area contributed by atoms with Crippen LogP contribution in [0.15, 0.2) is 34.5 Å². The van der Waals surface area contributed by atoms with Crippen molar-refractivity contribution < 1.29 is 17.9 Å². The van der Waals surface area contributed by atoms with Crippen molar-refractivity contribution in [2.24, 2.45) is 5.92 Å². The van der Waals surface area contributed by atoms with Crippen LogP contribution in [0, 0.1) is 5.92 Å². The van der Waals surface area contributed by atoms with E-state index in [0.29, 0.717) is 17.4 Å². The lowest BCUT2D eigenvalue weighted by molar-refractivity contribution is 0.213. The maximum Gasteiger partial charge on any atom is 0.250 e. The number of rotatable bonds is 6. The monoisotopic (exact) mass is 367 g/mol. The van der Waals surface area contributed by atoms with E-state index in [1.807, 2.05) is 31.2 Å². The molecular formula is C17H21NO4S2. The molecule has 0 unspecified atom stereocenters. The molecule has 1 aliphatic heterocycles. The molecule has 1 aromatic carbocycles. The largest absolute Gasteiger partial charge is 0.493 e. The third-order valence-electron chi connectivity index (χ3n) is 4.06. The molecule has 5 nitrogen and oxygen atoms in total. The molecule has 0 saturated heterocycles. The van der Waals surface area contributed by atoms with E-state index in [9.17, 15) is 8.42 Å². The molecule has 0 fully saturated rings. The normalized spacial score (nSPS) is 17.2. The lowest BCUT2D eigenvalue weighted by atomic mass is 9.96. The lowest BCUT2D eigenvalue weighted by Gasteiger charge is -2.26. The fraction of sp³-hybridized carbons (Fsp3) is 0.412. The van der Waals surface area contributed by atoms with Crippen LogP contribution in [0.2, 0.25) is 0 Å². The quantitative estimate of drug-likeness (QED) is 0.853. The van der Waals surface area contributed by atoms with Gasteiger partial charge in [-0.1, -0.05) is 19.1 Å². The van der Waals surface area contributed by atoms with Gasteiger partial charge in [0, 0.05) is 17.3 Å². The van der Waals surface area contributed by atoms with E-state index < -0.39 is 10.0 Å². The molecule has 0 spiro atoms. The Morgan fingerprint density at radius 2 is 2.17 bits per heavy atom. The number of aryl methyl sites for hydroxylation is 1. The topological polar surface area (TPSA) is 64.6 Å². The van der Waals surface area contributed by atoms with E-state index in [1.165, 1.54) is 11.3 Å². The highest BCUT2D eigenvalue weighted by molar-refractivity contribution is 7.91. The summed E-state index contributed by atoms with van der Waals surface area (Å²) in [6.07, 6.45) is 1.61. The Morgan fingerprint density at radius 1 is 1.33 bits per heavy atom. The first-order valence-corrected chi connectivity index (χ1v) is 10.2. The smallest absolute Gasteiger partial charge is 0.250 e. The Labute approximate surface area is 146 Å². The van der Waals surface area contributed by atoms with Gasteiger partial charge in [0.05, 0.1) is 13.7 Å². The van der Waals surface area contributed by atoms with Gasteiger partial charge < -0.3 is 9.47 Å². The van der Waals surface area contributed by atoms with Gasteiger partial charge in [0.25, 0.3) is 0 Å². The molecule has 7 heteroatoms. The number of nitrogens with one attached hydrogen (secondary N) is 1. The third kappa shape index (κ3) is 3.58. The Hall–Kier alpha value is -1.57. The van der Waals surface area contributed by atoms with Gasteiger partial charge in [-0.15, -0.1) is 11.3 Å².